The molecule has 1 atom stereocenters. The highest BCUT2D eigenvalue weighted by Crippen LogP contribution is 2.33. The van der Waals surface area contributed by atoms with Crippen LogP contribution < -0.4 is 15.0 Å². The summed E-state index contributed by atoms with van der Waals surface area (Å²) < 4.78 is 29.6. The van der Waals surface area contributed by atoms with Crippen LogP contribution in [-0.2, 0) is 4.79 Å². The molecule has 0 aliphatic carbocycles. The van der Waals surface area contributed by atoms with Crippen LogP contribution in [0.2, 0.25) is 0 Å². The lowest BCUT2D eigenvalue weighted by atomic mass is 10.2. The Balaban J connectivity index is 1.80. The minimum absolute atomic E-state index is 0.0537. The van der Waals surface area contributed by atoms with Gasteiger partial charge in [0.1, 0.15) is 23.7 Å². The maximum absolute atomic E-state index is 12.7. The third-order valence-corrected chi connectivity index (χ3v) is 3.82. The molecule has 1 aliphatic heterocycles. The first kappa shape index (κ1) is 16.6. The molecule has 0 radical (unpaired) electrons. The maximum atomic E-state index is 12.7. The zero-order chi connectivity index (χ0) is 17.8. The fraction of sp³-hybridized carbons (Fsp3) is 0.235. The van der Waals surface area contributed by atoms with Gasteiger partial charge in [-0.15, -0.1) is 0 Å². The van der Waals surface area contributed by atoms with Gasteiger partial charge in [-0.05, 0) is 30.7 Å². The number of amides is 1. The Kier molecular flexibility index (Phi) is 4.75. The van der Waals surface area contributed by atoms with E-state index in [2.05, 4.69) is 15.0 Å². The van der Waals surface area contributed by atoms with Crippen molar-refractivity contribution in [1.29, 1.82) is 5.26 Å². The molecule has 0 saturated carbocycles. The number of halogens is 2. The molecule has 128 valence electrons. The smallest absolute Gasteiger partial charge is 0.387 e. The van der Waals surface area contributed by atoms with Crippen LogP contribution in [0.5, 0.6) is 5.75 Å². The van der Waals surface area contributed by atoms with Crippen LogP contribution >= 0.6 is 0 Å². The number of carbonyl (C=O) groups is 1. The van der Waals surface area contributed by atoms with Crippen LogP contribution in [0.3, 0.4) is 0 Å². The molecule has 0 spiro atoms. The number of benzene rings is 1. The average molecular weight is 344 g/mol. The van der Waals surface area contributed by atoms with Crippen LogP contribution in [0.15, 0.2) is 42.6 Å². The summed E-state index contributed by atoms with van der Waals surface area (Å²) >= 11 is 0. The fourth-order valence-electron chi connectivity index (χ4n) is 2.70. The lowest BCUT2D eigenvalue weighted by molar-refractivity contribution is -0.117. The quantitative estimate of drug-likeness (QED) is 0.902. The fourth-order valence-corrected chi connectivity index (χ4v) is 2.70. The van der Waals surface area contributed by atoms with Crippen molar-refractivity contribution in [2.45, 2.75) is 19.1 Å². The predicted octanol–water partition coefficient (Wildman–Crippen LogP) is 2.77. The first-order valence-electron chi connectivity index (χ1n) is 7.57. The van der Waals surface area contributed by atoms with Crippen molar-refractivity contribution in [1.82, 2.24) is 4.98 Å². The highest BCUT2D eigenvalue weighted by Gasteiger charge is 2.34. The second-order valence-electron chi connectivity index (χ2n) is 5.33. The molecule has 2 aromatic rings. The molecule has 1 aromatic heterocycles. The Morgan fingerprint density at radius 2 is 2.12 bits per heavy atom. The van der Waals surface area contributed by atoms with Crippen molar-refractivity contribution in [3.8, 4) is 11.8 Å². The van der Waals surface area contributed by atoms with Crippen molar-refractivity contribution in [2.75, 3.05) is 16.8 Å². The number of anilines is 2. The van der Waals surface area contributed by atoms with Gasteiger partial charge in [0.15, 0.2) is 0 Å². The molecule has 6 nitrogen and oxygen atoms in total. The molecule has 25 heavy (non-hydrogen) atoms. The number of para-hydroxylation sites is 2. The second-order valence-corrected chi connectivity index (χ2v) is 5.33. The molecule has 1 saturated heterocycles. The summed E-state index contributed by atoms with van der Waals surface area (Å²) in [4.78, 5) is 18.1. The van der Waals surface area contributed by atoms with Gasteiger partial charge in [0, 0.05) is 12.7 Å². The van der Waals surface area contributed by atoms with Gasteiger partial charge in [0.05, 0.1) is 11.3 Å². The molecule has 0 bridgehead atoms. The van der Waals surface area contributed by atoms with Crippen molar-refractivity contribution in [2.24, 2.45) is 0 Å². The summed E-state index contributed by atoms with van der Waals surface area (Å²) in [6, 6.07) is 10.8. The van der Waals surface area contributed by atoms with Crippen molar-refractivity contribution in [3.63, 3.8) is 0 Å². The maximum Gasteiger partial charge on any atom is 0.387 e. The largest absolute Gasteiger partial charge is 0.433 e. The molecule has 2 heterocycles. The van der Waals surface area contributed by atoms with E-state index in [1.54, 1.807) is 30.3 Å². The van der Waals surface area contributed by atoms with Crippen molar-refractivity contribution < 1.29 is 18.3 Å². The van der Waals surface area contributed by atoms with E-state index in [1.807, 2.05) is 6.07 Å². The van der Waals surface area contributed by atoms with Crippen LogP contribution in [0, 0.1) is 11.3 Å². The number of rotatable bonds is 5. The number of aromatic nitrogens is 1. The van der Waals surface area contributed by atoms with Gasteiger partial charge in [-0.2, -0.15) is 14.0 Å². The Morgan fingerprint density at radius 1 is 1.32 bits per heavy atom. The summed E-state index contributed by atoms with van der Waals surface area (Å²) in [5.74, 6) is -0.0239. The van der Waals surface area contributed by atoms with Gasteiger partial charge >= 0.3 is 6.61 Å². The topological polar surface area (TPSA) is 78.2 Å². The third kappa shape index (κ3) is 3.50. The standard InChI is InChI=1S/C17H14F2N4O2/c18-17(19)25-14-6-2-1-5-13(14)23-9-7-12(16(23)24)22-15-11(10-20)4-3-8-21-15/h1-6,8,12,17H,7,9H2,(H,21,22)/t12-/m1/s1. The summed E-state index contributed by atoms with van der Waals surface area (Å²) in [6.07, 6.45) is 1.97. The van der Waals surface area contributed by atoms with Gasteiger partial charge in [0.2, 0.25) is 5.91 Å². The first-order chi connectivity index (χ1) is 12.1. The number of hydrogen-bond donors (Lipinski definition) is 1. The SMILES string of the molecule is N#Cc1cccnc1N[C@@H]1CCN(c2ccccc2OC(F)F)C1=O. The van der Waals surface area contributed by atoms with Crippen molar-refractivity contribution in [3.05, 3.63) is 48.2 Å². The Morgan fingerprint density at radius 3 is 2.88 bits per heavy atom. The van der Waals surface area contributed by atoms with Gasteiger partial charge < -0.3 is 15.0 Å². The predicted molar refractivity (Wildman–Crippen MR) is 86.4 cm³/mol. The van der Waals surface area contributed by atoms with E-state index in [4.69, 9.17) is 5.26 Å². The molecule has 1 amide bonds. The van der Waals surface area contributed by atoms with E-state index in [0.29, 0.717) is 30.0 Å². The molecule has 8 heteroatoms. The minimum Gasteiger partial charge on any atom is -0.433 e. The van der Waals surface area contributed by atoms with E-state index < -0.39 is 12.7 Å². The number of nitriles is 1. The molecule has 0 unspecified atom stereocenters. The third-order valence-electron chi connectivity index (χ3n) is 3.82. The monoisotopic (exact) mass is 344 g/mol. The van der Waals surface area contributed by atoms with E-state index >= 15 is 0 Å². The lowest BCUT2D eigenvalue weighted by Gasteiger charge is -2.20. The van der Waals surface area contributed by atoms with Crippen LogP contribution in [-0.4, -0.2) is 30.1 Å². The molecular formula is C17H14F2N4O2. The number of ether oxygens (including phenoxy) is 1. The normalized spacial score (nSPS) is 16.8. The number of nitrogens with one attached hydrogen (secondary N) is 1. The Labute approximate surface area is 142 Å². The number of carbonyl (C=O) groups excluding carboxylic acids is 1. The average Bonchev–Trinajstić information content (AvgIpc) is 2.96. The van der Waals surface area contributed by atoms with Gasteiger partial charge in [0.25, 0.3) is 0 Å². The van der Waals surface area contributed by atoms with Gasteiger partial charge in [-0.1, -0.05) is 12.1 Å². The zero-order valence-electron chi connectivity index (χ0n) is 13.0. The highest BCUT2D eigenvalue weighted by atomic mass is 19.3. The van der Waals surface area contributed by atoms with E-state index in [9.17, 15) is 13.6 Å². The molecule has 3 rings (SSSR count). The van der Waals surface area contributed by atoms with Gasteiger partial charge in [-0.25, -0.2) is 4.98 Å². The van der Waals surface area contributed by atoms with Crippen molar-refractivity contribution >= 4 is 17.4 Å². The van der Waals surface area contributed by atoms with Gasteiger partial charge in [-0.3, -0.25) is 4.79 Å². The van der Waals surface area contributed by atoms with E-state index in [-0.39, 0.29) is 11.7 Å². The van der Waals surface area contributed by atoms with E-state index in [0.717, 1.165) is 0 Å². The molecule has 1 N–H and O–H groups in total. The highest BCUT2D eigenvalue weighted by molar-refractivity contribution is 6.02. The molecule has 1 aromatic carbocycles. The second kappa shape index (κ2) is 7.13. The van der Waals surface area contributed by atoms with Crippen LogP contribution in [0.4, 0.5) is 20.3 Å². The first-order valence-corrected chi connectivity index (χ1v) is 7.57. The minimum atomic E-state index is -2.97. The zero-order valence-corrected chi connectivity index (χ0v) is 13.0. The summed E-state index contributed by atoms with van der Waals surface area (Å²) in [5.41, 5.74) is 0.619. The molecule has 1 fully saturated rings. The number of pyridine rings is 1. The Bertz CT molecular complexity index is 822. The number of alkyl halides is 2. The van der Waals surface area contributed by atoms with E-state index in [1.165, 1.54) is 17.2 Å². The molecule has 1 aliphatic rings. The molecular weight excluding hydrogens is 330 g/mol. The summed E-state index contributed by atoms with van der Waals surface area (Å²) in [7, 11) is 0. The van der Waals surface area contributed by atoms with Crippen LogP contribution in [0.25, 0.3) is 0 Å². The summed E-state index contributed by atoms with van der Waals surface area (Å²) in [6.45, 7) is -2.63. The van der Waals surface area contributed by atoms with Crippen LogP contribution in [0.1, 0.15) is 12.0 Å². The number of hydrogen-bond acceptors (Lipinski definition) is 5. The number of nitrogens with zero attached hydrogens (tertiary/aromatic N) is 3. The lowest BCUT2D eigenvalue weighted by Crippen LogP contribution is -2.34. The Hall–Kier alpha value is -3.21. The summed E-state index contributed by atoms with van der Waals surface area (Å²) in [5, 5.41) is 12.1.